The van der Waals surface area contributed by atoms with Crippen LogP contribution in [0.5, 0.6) is 5.75 Å². The van der Waals surface area contributed by atoms with E-state index in [1.54, 1.807) is 36.4 Å². The van der Waals surface area contributed by atoms with Crippen molar-refractivity contribution in [3.63, 3.8) is 0 Å². The van der Waals surface area contributed by atoms with Crippen LogP contribution in [-0.4, -0.2) is 25.0 Å². The number of halogens is 1. The molecule has 0 aliphatic carbocycles. The van der Waals surface area contributed by atoms with Gasteiger partial charge in [0.1, 0.15) is 11.7 Å². The van der Waals surface area contributed by atoms with Gasteiger partial charge in [-0.05, 0) is 54.1 Å². The number of nitrogens with zero attached hydrogens (tertiary/aromatic N) is 2. The van der Waals surface area contributed by atoms with E-state index in [-0.39, 0.29) is 11.8 Å². The third-order valence-electron chi connectivity index (χ3n) is 5.67. The number of carbonyl (C=O) groups is 2. The van der Waals surface area contributed by atoms with Crippen molar-refractivity contribution < 1.29 is 19.2 Å². The minimum Gasteiger partial charge on any atom is -0.497 e. The van der Waals surface area contributed by atoms with E-state index in [0.29, 0.717) is 11.4 Å². The molecule has 2 fully saturated rings. The third kappa shape index (κ3) is 3.30. The summed E-state index contributed by atoms with van der Waals surface area (Å²) in [4.78, 5) is 34.2. The van der Waals surface area contributed by atoms with Crippen LogP contribution in [0, 0.1) is 5.92 Å². The predicted octanol–water partition coefficient (Wildman–Crippen LogP) is 4.51. The second-order valence-corrected chi connectivity index (χ2v) is 8.34. The molecule has 5 rings (SSSR count). The Morgan fingerprint density at radius 1 is 0.839 bits per heavy atom. The number of carbonyl (C=O) groups excluding carboxylic acids is 2. The molecule has 0 N–H and O–H groups in total. The topological polar surface area (TPSA) is 59.1 Å². The molecule has 6 nitrogen and oxygen atoms in total. The molecule has 3 aromatic carbocycles. The standard InChI is InChI=1S/C24H19BrN2O4/c1-30-19-13-11-17(12-14-19)26-23(28)20-21(15-7-9-16(25)10-8-15)27(31-22(20)24(26)29)18-5-3-2-4-6-18/h2-14,20-22H,1H3/t20-,21+,22+/m0/s1. The lowest BCUT2D eigenvalue weighted by atomic mass is 9.90. The summed E-state index contributed by atoms with van der Waals surface area (Å²) in [5.74, 6) is -0.634. The summed E-state index contributed by atoms with van der Waals surface area (Å²) in [6.45, 7) is 0. The van der Waals surface area contributed by atoms with Gasteiger partial charge < -0.3 is 4.74 Å². The minimum atomic E-state index is -0.886. The fourth-order valence-electron chi connectivity index (χ4n) is 4.20. The molecule has 2 aliphatic heterocycles. The molecule has 0 radical (unpaired) electrons. The van der Waals surface area contributed by atoms with E-state index in [1.807, 2.05) is 54.6 Å². The lowest BCUT2D eigenvalue weighted by molar-refractivity contribution is -0.126. The summed E-state index contributed by atoms with van der Waals surface area (Å²) in [5, 5.41) is 1.69. The number of amides is 2. The van der Waals surface area contributed by atoms with Gasteiger partial charge in [-0.3, -0.25) is 14.4 Å². The Hall–Kier alpha value is -3.16. The summed E-state index contributed by atoms with van der Waals surface area (Å²) < 4.78 is 6.12. The highest BCUT2D eigenvalue weighted by Crippen LogP contribution is 2.47. The van der Waals surface area contributed by atoms with Gasteiger partial charge in [0.2, 0.25) is 5.91 Å². The molecule has 0 spiro atoms. The number of ether oxygens (including phenoxy) is 1. The first-order chi connectivity index (χ1) is 15.1. The summed E-state index contributed by atoms with van der Waals surface area (Å²) in [6, 6.07) is 23.7. The van der Waals surface area contributed by atoms with Crippen molar-refractivity contribution in [2.75, 3.05) is 17.1 Å². The van der Waals surface area contributed by atoms with Crippen molar-refractivity contribution in [2.45, 2.75) is 12.1 Å². The van der Waals surface area contributed by atoms with E-state index >= 15 is 0 Å². The number of imide groups is 1. The maximum atomic E-state index is 13.5. The highest BCUT2D eigenvalue weighted by molar-refractivity contribution is 9.10. The van der Waals surface area contributed by atoms with Gasteiger partial charge in [0.25, 0.3) is 5.91 Å². The molecule has 3 atom stereocenters. The molecule has 156 valence electrons. The summed E-state index contributed by atoms with van der Waals surface area (Å²) in [6.07, 6.45) is -0.886. The average molecular weight is 479 g/mol. The lowest BCUT2D eigenvalue weighted by Gasteiger charge is -2.28. The molecular weight excluding hydrogens is 460 g/mol. The van der Waals surface area contributed by atoms with Crippen LogP contribution >= 0.6 is 15.9 Å². The molecular formula is C24H19BrN2O4. The van der Waals surface area contributed by atoms with Crippen molar-refractivity contribution in [3.05, 3.63) is 88.9 Å². The fourth-order valence-corrected chi connectivity index (χ4v) is 4.46. The Kier molecular flexibility index (Phi) is 5.00. The number of hydroxylamine groups is 1. The Morgan fingerprint density at radius 3 is 2.16 bits per heavy atom. The molecule has 2 heterocycles. The van der Waals surface area contributed by atoms with Crippen molar-refractivity contribution in [1.29, 1.82) is 0 Å². The Bertz CT molecular complexity index is 1120. The molecule has 3 aromatic rings. The monoisotopic (exact) mass is 478 g/mol. The van der Waals surface area contributed by atoms with Gasteiger partial charge in [-0.25, -0.2) is 9.96 Å². The zero-order chi connectivity index (χ0) is 21.5. The second kappa shape index (κ2) is 7.83. The number of hydrogen-bond acceptors (Lipinski definition) is 5. The maximum Gasteiger partial charge on any atom is 0.266 e. The van der Waals surface area contributed by atoms with E-state index in [9.17, 15) is 9.59 Å². The van der Waals surface area contributed by atoms with Crippen LogP contribution < -0.4 is 14.7 Å². The van der Waals surface area contributed by atoms with Gasteiger partial charge in [-0.2, -0.15) is 0 Å². The van der Waals surface area contributed by atoms with E-state index in [0.717, 1.165) is 15.7 Å². The van der Waals surface area contributed by atoms with Crippen molar-refractivity contribution in [3.8, 4) is 5.75 Å². The molecule has 0 unspecified atom stereocenters. The Labute approximate surface area is 188 Å². The normalized spacial score (nSPS) is 22.7. The average Bonchev–Trinajstić information content (AvgIpc) is 3.31. The third-order valence-corrected chi connectivity index (χ3v) is 6.20. The predicted molar refractivity (Wildman–Crippen MR) is 120 cm³/mol. The van der Waals surface area contributed by atoms with Gasteiger partial charge in [-0.15, -0.1) is 0 Å². The first-order valence-corrected chi connectivity index (χ1v) is 10.7. The van der Waals surface area contributed by atoms with Gasteiger partial charge in [0.15, 0.2) is 6.10 Å². The summed E-state index contributed by atoms with van der Waals surface area (Å²) >= 11 is 3.46. The SMILES string of the molecule is COc1ccc(N2C(=O)[C@H]3[C@@H](c4ccc(Br)cc4)N(c4ccccc4)O[C@H]3C2=O)cc1. The summed E-state index contributed by atoms with van der Waals surface area (Å²) in [5.41, 5.74) is 2.20. The number of rotatable bonds is 4. The van der Waals surface area contributed by atoms with Crippen LogP contribution in [0.4, 0.5) is 11.4 Å². The Morgan fingerprint density at radius 2 is 1.52 bits per heavy atom. The number of methoxy groups -OCH3 is 1. The summed E-state index contributed by atoms with van der Waals surface area (Å²) in [7, 11) is 1.57. The van der Waals surface area contributed by atoms with Crippen LogP contribution in [0.15, 0.2) is 83.3 Å². The zero-order valence-corrected chi connectivity index (χ0v) is 18.2. The molecule has 0 saturated carbocycles. The van der Waals surface area contributed by atoms with Gasteiger partial charge in [0, 0.05) is 4.47 Å². The first-order valence-electron chi connectivity index (χ1n) is 9.87. The number of hydrogen-bond donors (Lipinski definition) is 0. The van der Waals surface area contributed by atoms with Crippen molar-refractivity contribution in [2.24, 2.45) is 5.92 Å². The quantitative estimate of drug-likeness (QED) is 0.516. The van der Waals surface area contributed by atoms with Gasteiger partial charge >= 0.3 is 0 Å². The number of para-hydroxylation sites is 1. The smallest absolute Gasteiger partial charge is 0.266 e. The number of anilines is 2. The van der Waals surface area contributed by atoms with Gasteiger partial charge in [-0.1, -0.05) is 46.3 Å². The van der Waals surface area contributed by atoms with E-state index in [1.165, 1.54) is 4.90 Å². The largest absolute Gasteiger partial charge is 0.497 e. The van der Waals surface area contributed by atoms with Crippen LogP contribution in [0.3, 0.4) is 0 Å². The van der Waals surface area contributed by atoms with Crippen LogP contribution in [-0.2, 0) is 14.4 Å². The zero-order valence-electron chi connectivity index (χ0n) is 16.6. The molecule has 0 aromatic heterocycles. The molecule has 0 bridgehead atoms. The lowest BCUT2D eigenvalue weighted by Crippen LogP contribution is -2.37. The molecule has 2 saturated heterocycles. The first kappa shape index (κ1) is 19.8. The van der Waals surface area contributed by atoms with Crippen LogP contribution in [0.25, 0.3) is 0 Å². The van der Waals surface area contributed by atoms with Gasteiger partial charge in [0.05, 0.1) is 24.5 Å². The maximum absolute atomic E-state index is 13.5. The van der Waals surface area contributed by atoms with Crippen LogP contribution in [0.2, 0.25) is 0 Å². The minimum absolute atomic E-state index is 0.272. The van der Waals surface area contributed by atoms with Crippen molar-refractivity contribution in [1.82, 2.24) is 0 Å². The Balaban J connectivity index is 1.56. The fraction of sp³-hybridized carbons (Fsp3) is 0.167. The van der Waals surface area contributed by atoms with Crippen molar-refractivity contribution >= 4 is 39.1 Å². The molecule has 31 heavy (non-hydrogen) atoms. The van der Waals surface area contributed by atoms with E-state index < -0.39 is 18.1 Å². The van der Waals surface area contributed by atoms with E-state index in [4.69, 9.17) is 9.57 Å². The van der Waals surface area contributed by atoms with E-state index in [2.05, 4.69) is 15.9 Å². The molecule has 2 aliphatic rings. The molecule has 2 amide bonds. The van der Waals surface area contributed by atoms with Crippen LogP contribution in [0.1, 0.15) is 11.6 Å². The second-order valence-electron chi connectivity index (χ2n) is 7.42. The highest BCUT2D eigenvalue weighted by Gasteiger charge is 2.60. The highest BCUT2D eigenvalue weighted by atomic mass is 79.9. The number of fused-ring (bicyclic) bond motifs is 1. The number of benzene rings is 3. The molecule has 7 heteroatoms.